The highest BCUT2D eigenvalue weighted by atomic mass is 16.5. The van der Waals surface area contributed by atoms with Crippen molar-refractivity contribution in [3.05, 3.63) is 0 Å². The molecule has 0 aromatic rings. The molecule has 0 spiro atoms. The number of carbonyl (C=O) groups excluding carboxylic acids is 2. The van der Waals surface area contributed by atoms with E-state index in [1.165, 1.54) is 27.1 Å². The van der Waals surface area contributed by atoms with E-state index in [2.05, 4.69) is 0 Å². The number of ether oxygens (including phenoxy) is 2. The second kappa shape index (κ2) is 5.07. The number of carbonyl (C=O) groups is 2. The van der Waals surface area contributed by atoms with Crippen molar-refractivity contribution in [3.63, 3.8) is 0 Å². The van der Waals surface area contributed by atoms with E-state index in [4.69, 9.17) is 9.47 Å². The summed E-state index contributed by atoms with van der Waals surface area (Å²) in [7, 11) is 2.67. The summed E-state index contributed by atoms with van der Waals surface area (Å²) in [5.41, 5.74) is 0. The Morgan fingerprint density at radius 1 is 1.00 bits per heavy atom. The van der Waals surface area contributed by atoms with Gasteiger partial charge in [0.1, 0.15) is 0 Å². The van der Waals surface area contributed by atoms with E-state index >= 15 is 0 Å². The molecule has 0 bridgehead atoms. The number of methoxy groups -OCH3 is 2. The standard InChI is InChI=1S/C13H20O4/c1-16-12(14)11(13(15)17-2)10-7-6-8-4-3-5-9(8)10/h8-11H,3-7H2,1-2H3/t8-,9-,10-/m1/s1. The van der Waals surface area contributed by atoms with E-state index in [0.29, 0.717) is 11.8 Å². The fraction of sp³-hybridized carbons (Fsp3) is 0.846. The molecule has 0 heterocycles. The highest BCUT2D eigenvalue weighted by Gasteiger charge is 2.48. The molecule has 0 aromatic heterocycles. The fourth-order valence-corrected chi connectivity index (χ4v) is 3.72. The quantitative estimate of drug-likeness (QED) is 0.557. The van der Waals surface area contributed by atoms with Crippen molar-refractivity contribution in [1.82, 2.24) is 0 Å². The van der Waals surface area contributed by atoms with Crippen LogP contribution in [0.15, 0.2) is 0 Å². The van der Waals surface area contributed by atoms with E-state index < -0.39 is 17.9 Å². The summed E-state index contributed by atoms with van der Waals surface area (Å²) in [5, 5.41) is 0. The van der Waals surface area contributed by atoms with Crippen molar-refractivity contribution in [3.8, 4) is 0 Å². The maximum Gasteiger partial charge on any atom is 0.320 e. The maximum atomic E-state index is 11.8. The first kappa shape index (κ1) is 12.4. The van der Waals surface area contributed by atoms with Crippen molar-refractivity contribution in [2.45, 2.75) is 32.1 Å². The van der Waals surface area contributed by atoms with Crippen LogP contribution in [0.1, 0.15) is 32.1 Å². The first-order valence-corrected chi connectivity index (χ1v) is 6.34. The molecule has 3 atom stereocenters. The molecular weight excluding hydrogens is 220 g/mol. The average molecular weight is 240 g/mol. The van der Waals surface area contributed by atoms with Gasteiger partial charge >= 0.3 is 11.9 Å². The zero-order chi connectivity index (χ0) is 12.4. The second-order valence-electron chi connectivity index (χ2n) is 5.12. The molecule has 2 aliphatic carbocycles. The molecule has 17 heavy (non-hydrogen) atoms. The van der Waals surface area contributed by atoms with E-state index in [-0.39, 0.29) is 5.92 Å². The van der Waals surface area contributed by atoms with Crippen LogP contribution in [0, 0.1) is 23.7 Å². The topological polar surface area (TPSA) is 52.6 Å². The van der Waals surface area contributed by atoms with Crippen LogP contribution in [0.25, 0.3) is 0 Å². The molecule has 96 valence electrons. The lowest BCUT2D eigenvalue weighted by Gasteiger charge is -2.24. The summed E-state index contributed by atoms with van der Waals surface area (Å²) in [6.45, 7) is 0. The first-order valence-electron chi connectivity index (χ1n) is 6.34. The Bertz CT molecular complexity index is 297. The summed E-state index contributed by atoms with van der Waals surface area (Å²) in [6, 6.07) is 0. The van der Waals surface area contributed by atoms with Crippen molar-refractivity contribution in [2.75, 3.05) is 14.2 Å². The SMILES string of the molecule is COC(=O)C(C(=O)OC)[C@@H]1CC[C@H]2CCC[C@H]21. The molecule has 2 rings (SSSR count). The van der Waals surface area contributed by atoms with Gasteiger partial charge in [0.25, 0.3) is 0 Å². The minimum Gasteiger partial charge on any atom is -0.468 e. The zero-order valence-electron chi connectivity index (χ0n) is 10.5. The molecular formula is C13H20O4. The number of hydrogen-bond acceptors (Lipinski definition) is 4. The van der Waals surface area contributed by atoms with Crippen LogP contribution in [-0.4, -0.2) is 26.2 Å². The Balaban J connectivity index is 2.15. The number of fused-ring (bicyclic) bond motifs is 1. The van der Waals surface area contributed by atoms with Crippen LogP contribution < -0.4 is 0 Å². The molecule has 0 aliphatic heterocycles. The third kappa shape index (κ3) is 2.17. The Morgan fingerprint density at radius 3 is 2.24 bits per heavy atom. The third-order valence-corrected chi connectivity index (χ3v) is 4.48. The largest absolute Gasteiger partial charge is 0.468 e. The molecule has 0 radical (unpaired) electrons. The van der Waals surface area contributed by atoms with Crippen molar-refractivity contribution < 1.29 is 19.1 Å². The smallest absolute Gasteiger partial charge is 0.320 e. The summed E-state index contributed by atoms with van der Waals surface area (Å²) in [6.07, 6.45) is 5.70. The second-order valence-corrected chi connectivity index (χ2v) is 5.12. The Hall–Kier alpha value is -1.06. The molecule has 0 amide bonds. The van der Waals surface area contributed by atoms with Crippen LogP contribution in [-0.2, 0) is 19.1 Å². The van der Waals surface area contributed by atoms with Gasteiger partial charge in [0.2, 0.25) is 0 Å². The van der Waals surface area contributed by atoms with Gasteiger partial charge in [-0.3, -0.25) is 9.59 Å². The Kier molecular flexibility index (Phi) is 3.69. The Labute approximate surface area is 102 Å². The molecule has 4 nitrogen and oxygen atoms in total. The van der Waals surface area contributed by atoms with Crippen molar-refractivity contribution in [2.24, 2.45) is 23.7 Å². The van der Waals surface area contributed by atoms with Gasteiger partial charge in [0, 0.05) is 0 Å². The summed E-state index contributed by atoms with van der Waals surface area (Å²) >= 11 is 0. The summed E-state index contributed by atoms with van der Waals surface area (Å²) < 4.78 is 9.51. The van der Waals surface area contributed by atoms with Gasteiger partial charge < -0.3 is 9.47 Å². The fourth-order valence-electron chi connectivity index (χ4n) is 3.72. The van der Waals surface area contributed by atoms with Crippen molar-refractivity contribution in [1.29, 1.82) is 0 Å². The lowest BCUT2D eigenvalue weighted by molar-refractivity contribution is -0.162. The van der Waals surface area contributed by atoms with Gasteiger partial charge in [-0.2, -0.15) is 0 Å². The highest BCUT2D eigenvalue weighted by Crippen LogP contribution is 2.50. The zero-order valence-corrected chi connectivity index (χ0v) is 10.5. The highest BCUT2D eigenvalue weighted by molar-refractivity contribution is 5.95. The van der Waals surface area contributed by atoms with Crippen LogP contribution in [0.2, 0.25) is 0 Å². The molecule has 4 heteroatoms. The van der Waals surface area contributed by atoms with Gasteiger partial charge in [-0.1, -0.05) is 12.8 Å². The molecule has 0 unspecified atom stereocenters. The number of rotatable bonds is 3. The van der Waals surface area contributed by atoms with Crippen LogP contribution >= 0.6 is 0 Å². The minimum absolute atomic E-state index is 0.127. The van der Waals surface area contributed by atoms with E-state index in [9.17, 15) is 9.59 Å². The van der Waals surface area contributed by atoms with Gasteiger partial charge in [-0.25, -0.2) is 0 Å². The third-order valence-electron chi connectivity index (χ3n) is 4.48. The molecule has 0 N–H and O–H groups in total. The minimum atomic E-state index is -0.710. The predicted octanol–water partition coefficient (Wildman–Crippen LogP) is 1.77. The van der Waals surface area contributed by atoms with E-state index in [1.807, 2.05) is 0 Å². The van der Waals surface area contributed by atoms with Crippen LogP contribution in [0.4, 0.5) is 0 Å². The summed E-state index contributed by atoms with van der Waals surface area (Å²) in [5.74, 6) is -0.237. The Morgan fingerprint density at radius 2 is 1.65 bits per heavy atom. The number of esters is 2. The lowest BCUT2D eigenvalue weighted by atomic mass is 9.82. The molecule has 0 saturated heterocycles. The first-order chi connectivity index (χ1) is 8.19. The van der Waals surface area contributed by atoms with Crippen LogP contribution in [0.5, 0.6) is 0 Å². The van der Waals surface area contributed by atoms with Crippen LogP contribution in [0.3, 0.4) is 0 Å². The van der Waals surface area contributed by atoms with E-state index in [0.717, 1.165) is 19.3 Å². The van der Waals surface area contributed by atoms with Gasteiger partial charge in [-0.15, -0.1) is 0 Å². The molecule has 0 aromatic carbocycles. The molecule has 2 aliphatic rings. The number of hydrogen-bond donors (Lipinski definition) is 0. The predicted molar refractivity (Wildman–Crippen MR) is 61.1 cm³/mol. The van der Waals surface area contributed by atoms with Crippen molar-refractivity contribution >= 4 is 11.9 Å². The lowest BCUT2D eigenvalue weighted by Crippen LogP contribution is -2.35. The molecule has 2 fully saturated rings. The van der Waals surface area contributed by atoms with Gasteiger partial charge in [0.15, 0.2) is 5.92 Å². The van der Waals surface area contributed by atoms with E-state index in [1.54, 1.807) is 0 Å². The normalized spacial score (nSPS) is 31.4. The average Bonchev–Trinajstić information content (AvgIpc) is 2.93. The molecule has 2 saturated carbocycles. The monoisotopic (exact) mass is 240 g/mol. The maximum absolute atomic E-state index is 11.8. The van der Waals surface area contributed by atoms with Gasteiger partial charge in [0.05, 0.1) is 14.2 Å². The van der Waals surface area contributed by atoms with Gasteiger partial charge in [-0.05, 0) is 37.0 Å². The summed E-state index contributed by atoms with van der Waals surface area (Å²) in [4.78, 5) is 23.5.